The Morgan fingerprint density at radius 3 is 2.55 bits per heavy atom. The summed E-state index contributed by atoms with van der Waals surface area (Å²) in [4.78, 5) is 25.7. The van der Waals surface area contributed by atoms with Crippen molar-refractivity contribution in [2.45, 2.75) is 32.7 Å². The zero-order chi connectivity index (χ0) is 15.7. The summed E-state index contributed by atoms with van der Waals surface area (Å²) < 4.78 is 1.62. The number of benzene rings is 1. The molecule has 3 rings (SSSR count). The van der Waals surface area contributed by atoms with Crippen molar-refractivity contribution in [3.63, 3.8) is 0 Å². The fourth-order valence-corrected chi connectivity index (χ4v) is 3.09. The van der Waals surface area contributed by atoms with Crippen molar-refractivity contribution >= 4 is 22.8 Å². The number of aromatic nitrogens is 1. The summed E-state index contributed by atoms with van der Waals surface area (Å²) >= 11 is 0. The fraction of sp³-hybridized carbons (Fsp3) is 0.412. The maximum absolute atomic E-state index is 12.4. The molecule has 1 saturated heterocycles. The monoisotopic (exact) mass is 300 g/mol. The number of aryl methyl sites for hydroxylation is 1. The van der Waals surface area contributed by atoms with Gasteiger partial charge in [-0.2, -0.15) is 0 Å². The van der Waals surface area contributed by atoms with Crippen molar-refractivity contribution in [2.75, 3.05) is 13.1 Å². The normalized spacial score (nSPS) is 14.7. The number of amides is 1. The maximum Gasteiger partial charge on any atom is 0.352 e. The van der Waals surface area contributed by atoms with Crippen LogP contribution >= 0.6 is 0 Å². The zero-order valence-electron chi connectivity index (χ0n) is 12.7. The van der Waals surface area contributed by atoms with Crippen molar-refractivity contribution in [3.8, 4) is 0 Å². The molecule has 1 aromatic heterocycles. The number of rotatable bonds is 4. The number of likely N-dealkylation sites (tertiary alicyclic amines) is 1. The highest BCUT2D eigenvalue weighted by Gasteiger charge is 2.22. The third-order valence-electron chi connectivity index (χ3n) is 4.35. The predicted octanol–water partition coefficient (Wildman–Crippen LogP) is 2.52. The van der Waals surface area contributed by atoms with Crippen molar-refractivity contribution in [1.82, 2.24) is 9.47 Å². The molecule has 1 fully saturated rings. The second-order valence-electron chi connectivity index (χ2n) is 5.76. The lowest BCUT2D eigenvalue weighted by Gasteiger charge is -2.17. The standard InChI is InChI=1S/C17H20N2O3/c1-2-12-5-6-14-13(9-12)10-15(17(21)22)19(14)11-16(20)18-7-3-4-8-18/h5-6,9-10H,2-4,7-8,11H2,1H3,(H,21,22). The largest absolute Gasteiger partial charge is 0.477 e. The molecule has 1 aromatic carbocycles. The number of carboxylic acid groups (broad SMARTS) is 1. The molecule has 0 spiro atoms. The molecule has 0 bridgehead atoms. The van der Waals surface area contributed by atoms with Crippen LogP contribution in [0.25, 0.3) is 10.9 Å². The van der Waals surface area contributed by atoms with Crippen molar-refractivity contribution in [2.24, 2.45) is 0 Å². The van der Waals surface area contributed by atoms with Crippen LogP contribution in [0.15, 0.2) is 24.3 Å². The van der Waals surface area contributed by atoms with Gasteiger partial charge in [-0.15, -0.1) is 0 Å². The molecule has 2 heterocycles. The first-order chi connectivity index (χ1) is 10.6. The summed E-state index contributed by atoms with van der Waals surface area (Å²) in [6.07, 6.45) is 2.96. The van der Waals surface area contributed by atoms with Crippen molar-refractivity contribution in [3.05, 3.63) is 35.5 Å². The SMILES string of the molecule is CCc1ccc2c(c1)cc(C(=O)O)n2CC(=O)N1CCCC1. The van der Waals surface area contributed by atoms with Gasteiger partial charge in [-0.25, -0.2) is 4.79 Å². The molecule has 2 aromatic rings. The molecule has 1 aliphatic heterocycles. The van der Waals surface area contributed by atoms with Gasteiger partial charge >= 0.3 is 5.97 Å². The molecule has 5 heteroatoms. The molecule has 1 aliphatic rings. The minimum atomic E-state index is -0.997. The number of hydrogen-bond donors (Lipinski definition) is 1. The molecule has 0 unspecified atom stereocenters. The summed E-state index contributed by atoms with van der Waals surface area (Å²) in [6, 6.07) is 7.56. The Balaban J connectivity index is 2.00. The van der Waals surface area contributed by atoms with Crippen LogP contribution in [-0.2, 0) is 17.8 Å². The van der Waals surface area contributed by atoms with Crippen LogP contribution in [0.1, 0.15) is 35.8 Å². The van der Waals surface area contributed by atoms with Gasteiger partial charge in [0, 0.05) is 24.0 Å². The number of fused-ring (bicyclic) bond motifs is 1. The number of aromatic carboxylic acids is 1. The lowest BCUT2D eigenvalue weighted by molar-refractivity contribution is -0.130. The molecule has 0 radical (unpaired) electrons. The van der Waals surface area contributed by atoms with Gasteiger partial charge in [0.2, 0.25) is 5.91 Å². The highest BCUT2D eigenvalue weighted by Crippen LogP contribution is 2.22. The van der Waals surface area contributed by atoms with Crippen molar-refractivity contribution < 1.29 is 14.7 Å². The second-order valence-corrected chi connectivity index (χ2v) is 5.76. The van der Waals surface area contributed by atoms with E-state index < -0.39 is 5.97 Å². The average Bonchev–Trinajstić information content (AvgIpc) is 3.14. The Kier molecular flexibility index (Phi) is 3.88. The minimum Gasteiger partial charge on any atom is -0.477 e. The second kappa shape index (κ2) is 5.83. The third-order valence-corrected chi connectivity index (χ3v) is 4.35. The van der Waals surface area contributed by atoms with Gasteiger partial charge in [-0.1, -0.05) is 13.0 Å². The van der Waals surface area contributed by atoms with Crippen LogP contribution in [0.3, 0.4) is 0 Å². The molecule has 1 amide bonds. The summed E-state index contributed by atoms with van der Waals surface area (Å²) in [5.74, 6) is -1.000. The van der Waals surface area contributed by atoms with Crippen LogP contribution in [0.4, 0.5) is 0 Å². The van der Waals surface area contributed by atoms with E-state index in [-0.39, 0.29) is 18.1 Å². The molecule has 0 saturated carbocycles. The van der Waals surface area contributed by atoms with Gasteiger partial charge in [-0.05, 0) is 43.0 Å². The lowest BCUT2D eigenvalue weighted by Crippen LogP contribution is -2.31. The number of nitrogens with zero attached hydrogens (tertiary/aromatic N) is 2. The molecular weight excluding hydrogens is 280 g/mol. The molecular formula is C17H20N2O3. The van der Waals surface area contributed by atoms with Crippen molar-refractivity contribution in [1.29, 1.82) is 0 Å². The maximum atomic E-state index is 12.4. The first-order valence-electron chi connectivity index (χ1n) is 7.73. The van der Waals surface area contributed by atoms with E-state index >= 15 is 0 Å². The van der Waals surface area contributed by atoms with Gasteiger partial charge in [0.25, 0.3) is 0 Å². The number of carboxylic acids is 1. The van der Waals surface area contributed by atoms with E-state index in [1.165, 1.54) is 0 Å². The Morgan fingerprint density at radius 2 is 1.91 bits per heavy atom. The number of hydrogen-bond acceptors (Lipinski definition) is 2. The first kappa shape index (κ1) is 14.6. The molecule has 1 N–H and O–H groups in total. The van der Waals surface area contributed by atoms with E-state index in [0.717, 1.165) is 48.8 Å². The van der Waals surface area contributed by atoms with Crippen LogP contribution < -0.4 is 0 Å². The van der Waals surface area contributed by atoms with Gasteiger partial charge in [0.05, 0.1) is 0 Å². The highest BCUT2D eigenvalue weighted by atomic mass is 16.4. The first-order valence-corrected chi connectivity index (χ1v) is 7.73. The molecule has 0 atom stereocenters. The van der Waals surface area contributed by atoms with Crippen LogP contribution in [0.2, 0.25) is 0 Å². The van der Waals surface area contributed by atoms with E-state index in [1.54, 1.807) is 10.6 Å². The van der Waals surface area contributed by atoms with E-state index in [2.05, 4.69) is 6.92 Å². The Labute approximate surface area is 129 Å². The van der Waals surface area contributed by atoms with E-state index in [1.807, 2.05) is 23.1 Å². The quantitative estimate of drug-likeness (QED) is 0.943. The summed E-state index contributed by atoms with van der Waals surface area (Å²) in [6.45, 7) is 3.71. The lowest BCUT2D eigenvalue weighted by atomic mass is 10.1. The topological polar surface area (TPSA) is 62.5 Å². The molecule has 116 valence electrons. The predicted molar refractivity (Wildman–Crippen MR) is 84.1 cm³/mol. The number of carbonyl (C=O) groups excluding carboxylic acids is 1. The van der Waals surface area contributed by atoms with Crippen LogP contribution in [0.5, 0.6) is 0 Å². The number of carbonyl (C=O) groups is 2. The van der Waals surface area contributed by atoms with Gasteiger partial charge in [0.15, 0.2) is 0 Å². The van der Waals surface area contributed by atoms with E-state index in [0.29, 0.717) is 0 Å². The smallest absolute Gasteiger partial charge is 0.352 e. The third kappa shape index (κ3) is 2.58. The molecule has 22 heavy (non-hydrogen) atoms. The average molecular weight is 300 g/mol. The van der Waals surface area contributed by atoms with E-state index in [4.69, 9.17) is 0 Å². The molecule has 0 aliphatic carbocycles. The summed E-state index contributed by atoms with van der Waals surface area (Å²) in [5, 5.41) is 10.3. The minimum absolute atomic E-state index is 0.00271. The Hall–Kier alpha value is -2.30. The van der Waals surface area contributed by atoms with Crippen LogP contribution in [-0.4, -0.2) is 39.5 Å². The molecule has 5 nitrogen and oxygen atoms in total. The summed E-state index contributed by atoms with van der Waals surface area (Å²) in [5.41, 5.74) is 2.14. The Bertz CT molecular complexity index is 727. The summed E-state index contributed by atoms with van der Waals surface area (Å²) in [7, 11) is 0. The van der Waals surface area contributed by atoms with Gasteiger partial charge in [0.1, 0.15) is 12.2 Å². The fourth-order valence-electron chi connectivity index (χ4n) is 3.09. The van der Waals surface area contributed by atoms with E-state index in [9.17, 15) is 14.7 Å². The Morgan fingerprint density at radius 1 is 1.18 bits per heavy atom. The van der Waals surface area contributed by atoms with Crippen LogP contribution in [0, 0.1) is 0 Å². The highest BCUT2D eigenvalue weighted by molar-refractivity contribution is 5.96. The zero-order valence-corrected chi connectivity index (χ0v) is 12.7. The van der Waals surface area contributed by atoms with Gasteiger partial charge in [-0.3, -0.25) is 4.79 Å². The van der Waals surface area contributed by atoms with Gasteiger partial charge < -0.3 is 14.6 Å².